The maximum atomic E-state index is 11.3. The maximum absolute atomic E-state index is 11.3. The number of carboxylic acids is 1. The molecule has 2 nitrogen and oxygen atoms in total. The van der Waals surface area contributed by atoms with Gasteiger partial charge in [-0.05, 0) is 40.0 Å². The molecule has 2 aromatic rings. The number of carboxylic acid groups (broad SMARTS) is 1. The molecule has 1 aromatic heterocycles. The molecule has 1 heterocycles. The van der Waals surface area contributed by atoms with Crippen molar-refractivity contribution in [1.29, 1.82) is 0 Å². The number of thiophene rings is 1. The minimum Gasteiger partial charge on any atom is -0.481 e. The Morgan fingerprint density at radius 2 is 1.94 bits per heavy atom. The molecule has 0 fully saturated rings. The molecule has 0 aliphatic carbocycles. The Balaban J connectivity index is 2.22. The molecule has 0 amide bonds. The number of rotatable bonds is 4. The van der Waals surface area contributed by atoms with Gasteiger partial charge in [-0.15, -0.1) is 11.3 Å². The van der Waals surface area contributed by atoms with Crippen LogP contribution in [0.2, 0.25) is 0 Å². The van der Waals surface area contributed by atoms with Crippen LogP contribution in [-0.2, 0) is 11.2 Å². The summed E-state index contributed by atoms with van der Waals surface area (Å²) in [6, 6.07) is 13.3. The highest BCUT2D eigenvalue weighted by Gasteiger charge is 2.20. The normalized spacial score (nSPS) is 12.3. The zero-order valence-corrected chi connectivity index (χ0v) is 11.4. The number of halogens is 1. The average molecular weight is 311 g/mol. The van der Waals surface area contributed by atoms with E-state index in [1.165, 1.54) is 0 Å². The van der Waals surface area contributed by atoms with Crippen molar-refractivity contribution in [3.8, 4) is 0 Å². The van der Waals surface area contributed by atoms with Gasteiger partial charge in [0.2, 0.25) is 0 Å². The van der Waals surface area contributed by atoms with Crippen molar-refractivity contribution >= 4 is 33.2 Å². The average Bonchev–Trinajstić information content (AvgIpc) is 2.73. The predicted octanol–water partition coefficient (Wildman–Crippen LogP) is 3.92. The zero-order valence-electron chi connectivity index (χ0n) is 8.97. The van der Waals surface area contributed by atoms with E-state index in [1.807, 2.05) is 42.5 Å². The van der Waals surface area contributed by atoms with E-state index < -0.39 is 11.9 Å². The minimum absolute atomic E-state index is 0.471. The van der Waals surface area contributed by atoms with Crippen LogP contribution in [0.25, 0.3) is 0 Å². The number of hydrogen-bond donors (Lipinski definition) is 1. The van der Waals surface area contributed by atoms with E-state index >= 15 is 0 Å². The molecular weight excluding hydrogens is 300 g/mol. The van der Waals surface area contributed by atoms with E-state index in [0.717, 1.165) is 14.2 Å². The van der Waals surface area contributed by atoms with Gasteiger partial charge >= 0.3 is 5.97 Å². The van der Waals surface area contributed by atoms with Gasteiger partial charge in [0.1, 0.15) is 0 Å². The van der Waals surface area contributed by atoms with Gasteiger partial charge in [-0.25, -0.2) is 0 Å². The first-order chi connectivity index (χ1) is 8.16. The van der Waals surface area contributed by atoms with Crippen molar-refractivity contribution in [3.63, 3.8) is 0 Å². The van der Waals surface area contributed by atoms with Crippen LogP contribution >= 0.6 is 27.3 Å². The van der Waals surface area contributed by atoms with Crippen molar-refractivity contribution in [2.45, 2.75) is 12.3 Å². The number of aliphatic carboxylic acids is 1. The number of benzene rings is 1. The van der Waals surface area contributed by atoms with Crippen LogP contribution in [0.5, 0.6) is 0 Å². The molecule has 1 N–H and O–H groups in total. The Labute approximate surface area is 112 Å². The molecule has 0 aliphatic rings. The molecule has 0 spiro atoms. The fourth-order valence-electron chi connectivity index (χ4n) is 1.70. The van der Waals surface area contributed by atoms with Crippen LogP contribution < -0.4 is 0 Å². The van der Waals surface area contributed by atoms with E-state index in [9.17, 15) is 9.90 Å². The quantitative estimate of drug-likeness (QED) is 0.929. The van der Waals surface area contributed by atoms with Crippen LogP contribution in [-0.4, -0.2) is 11.1 Å². The van der Waals surface area contributed by atoms with Crippen molar-refractivity contribution in [1.82, 2.24) is 0 Å². The van der Waals surface area contributed by atoms with E-state index in [2.05, 4.69) is 15.9 Å². The first-order valence-electron chi connectivity index (χ1n) is 5.19. The molecule has 1 atom stereocenters. The van der Waals surface area contributed by atoms with Gasteiger partial charge in [0.25, 0.3) is 0 Å². The van der Waals surface area contributed by atoms with Crippen molar-refractivity contribution in [2.75, 3.05) is 0 Å². The van der Waals surface area contributed by atoms with E-state index in [4.69, 9.17) is 0 Å². The summed E-state index contributed by atoms with van der Waals surface area (Å²) in [7, 11) is 0. The van der Waals surface area contributed by atoms with Crippen molar-refractivity contribution < 1.29 is 9.90 Å². The second-order valence-corrected chi connectivity index (χ2v) is 6.26. The molecule has 1 aromatic carbocycles. The first kappa shape index (κ1) is 12.3. The summed E-state index contributed by atoms with van der Waals surface area (Å²) in [5, 5.41) is 9.29. The SMILES string of the molecule is O=C(O)C(Cc1ccc(Br)s1)c1ccccc1. The molecular formula is C13H11BrO2S. The van der Waals surface area contributed by atoms with Gasteiger partial charge < -0.3 is 5.11 Å². The molecule has 2 rings (SSSR count). The fraction of sp³-hybridized carbons (Fsp3) is 0.154. The Morgan fingerprint density at radius 3 is 2.47 bits per heavy atom. The molecule has 4 heteroatoms. The molecule has 17 heavy (non-hydrogen) atoms. The molecule has 0 saturated heterocycles. The third-order valence-corrected chi connectivity index (χ3v) is 4.18. The predicted molar refractivity (Wildman–Crippen MR) is 72.5 cm³/mol. The Kier molecular flexibility index (Phi) is 3.97. The Morgan fingerprint density at radius 1 is 1.24 bits per heavy atom. The third kappa shape index (κ3) is 3.17. The van der Waals surface area contributed by atoms with Gasteiger partial charge in [0.15, 0.2) is 0 Å². The van der Waals surface area contributed by atoms with Crippen LogP contribution in [0.3, 0.4) is 0 Å². The smallest absolute Gasteiger partial charge is 0.311 e. The van der Waals surface area contributed by atoms with Gasteiger partial charge in [0, 0.05) is 4.88 Å². The van der Waals surface area contributed by atoms with Crippen LogP contribution in [0.15, 0.2) is 46.3 Å². The van der Waals surface area contributed by atoms with Crippen molar-refractivity contribution in [2.24, 2.45) is 0 Å². The summed E-state index contributed by atoms with van der Waals surface area (Å²) >= 11 is 4.97. The summed E-state index contributed by atoms with van der Waals surface area (Å²) in [6.07, 6.45) is 0.537. The van der Waals surface area contributed by atoms with Crippen molar-refractivity contribution in [3.05, 3.63) is 56.7 Å². The third-order valence-electron chi connectivity index (χ3n) is 2.53. The monoisotopic (exact) mass is 310 g/mol. The second-order valence-electron chi connectivity index (χ2n) is 3.71. The second kappa shape index (κ2) is 5.47. The molecule has 0 saturated carbocycles. The molecule has 88 valence electrons. The maximum Gasteiger partial charge on any atom is 0.311 e. The lowest BCUT2D eigenvalue weighted by molar-refractivity contribution is -0.138. The summed E-state index contributed by atoms with van der Waals surface area (Å²) in [5.74, 6) is -1.25. The van der Waals surface area contributed by atoms with Gasteiger partial charge in [-0.3, -0.25) is 4.79 Å². The first-order valence-corrected chi connectivity index (χ1v) is 6.79. The van der Waals surface area contributed by atoms with Crippen LogP contribution in [0.4, 0.5) is 0 Å². The van der Waals surface area contributed by atoms with Gasteiger partial charge in [-0.2, -0.15) is 0 Å². The fourth-order valence-corrected chi connectivity index (χ4v) is 3.22. The summed E-state index contributed by atoms with van der Waals surface area (Å²) in [6.45, 7) is 0. The highest BCUT2D eigenvalue weighted by atomic mass is 79.9. The molecule has 1 unspecified atom stereocenters. The molecule has 0 radical (unpaired) electrons. The van der Waals surface area contributed by atoms with Gasteiger partial charge in [-0.1, -0.05) is 30.3 Å². The van der Waals surface area contributed by atoms with E-state index in [1.54, 1.807) is 11.3 Å². The zero-order chi connectivity index (χ0) is 12.3. The largest absolute Gasteiger partial charge is 0.481 e. The highest BCUT2D eigenvalue weighted by Crippen LogP contribution is 2.28. The summed E-state index contributed by atoms with van der Waals surface area (Å²) < 4.78 is 1.03. The number of hydrogen-bond acceptors (Lipinski definition) is 2. The van der Waals surface area contributed by atoms with E-state index in [0.29, 0.717) is 6.42 Å². The van der Waals surface area contributed by atoms with E-state index in [-0.39, 0.29) is 0 Å². The summed E-state index contributed by atoms with van der Waals surface area (Å²) in [4.78, 5) is 12.4. The Bertz CT molecular complexity index is 507. The summed E-state index contributed by atoms with van der Waals surface area (Å²) in [5.41, 5.74) is 0.851. The Hall–Kier alpha value is -1.13. The molecule has 0 aliphatic heterocycles. The lowest BCUT2D eigenvalue weighted by Gasteiger charge is -2.11. The lowest BCUT2D eigenvalue weighted by atomic mass is 9.95. The van der Waals surface area contributed by atoms with Gasteiger partial charge in [0.05, 0.1) is 9.70 Å². The topological polar surface area (TPSA) is 37.3 Å². The van der Waals surface area contributed by atoms with Crippen LogP contribution in [0, 0.1) is 0 Å². The highest BCUT2D eigenvalue weighted by molar-refractivity contribution is 9.11. The molecule has 0 bridgehead atoms. The van der Waals surface area contributed by atoms with Crippen LogP contribution in [0.1, 0.15) is 16.4 Å². The standard InChI is InChI=1S/C13H11BrO2S/c14-12-7-6-10(17-12)8-11(13(15)16)9-4-2-1-3-5-9/h1-7,11H,8H2,(H,15,16). The lowest BCUT2D eigenvalue weighted by Crippen LogP contribution is -2.13. The number of carbonyl (C=O) groups is 1. The minimum atomic E-state index is -0.777.